The monoisotopic (exact) mass is 209 g/mol. The molecule has 0 radical (unpaired) electrons. The first kappa shape index (κ1) is 10.2. The first-order chi connectivity index (χ1) is 7.29. The van der Waals surface area contributed by atoms with Crippen molar-refractivity contribution in [3.05, 3.63) is 18.5 Å². The predicted molar refractivity (Wildman–Crippen MR) is 53.8 cm³/mol. The Morgan fingerprint density at radius 3 is 3.00 bits per heavy atom. The van der Waals surface area contributed by atoms with Crippen LogP contribution in [0.1, 0.15) is 25.8 Å². The van der Waals surface area contributed by atoms with Crippen LogP contribution in [-0.2, 0) is 9.63 Å². The van der Waals surface area contributed by atoms with Crippen LogP contribution in [0.4, 0.5) is 0 Å². The third-order valence-corrected chi connectivity index (χ3v) is 2.53. The van der Waals surface area contributed by atoms with Gasteiger partial charge in [-0.1, -0.05) is 0 Å². The zero-order valence-electron chi connectivity index (χ0n) is 8.80. The number of aromatic nitrogens is 2. The number of nitrogens with zero attached hydrogens (tertiary/aromatic N) is 3. The molecule has 0 aromatic carbocycles. The summed E-state index contributed by atoms with van der Waals surface area (Å²) in [6, 6.07) is 1.51. The van der Waals surface area contributed by atoms with E-state index in [9.17, 15) is 4.79 Å². The van der Waals surface area contributed by atoms with Gasteiger partial charge in [-0.05, 0) is 25.8 Å². The van der Waals surface area contributed by atoms with Crippen molar-refractivity contribution < 1.29 is 9.63 Å². The summed E-state index contributed by atoms with van der Waals surface area (Å²) in [7, 11) is 0. The summed E-state index contributed by atoms with van der Waals surface area (Å²) in [4.78, 5) is 17.2. The van der Waals surface area contributed by atoms with E-state index in [1.54, 1.807) is 23.1 Å². The molecule has 5 nitrogen and oxygen atoms in total. The van der Waals surface area contributed by atoms with E-state index in [0.717, 1.165) is 12.8 Å². The minimum absolute atomic E-state index is 0.0293. The highest BCUT2D eigenvalue weighted by molar-refractivity contribution is 5.79. The van der Waals surface area contributed by atoms with Gasteiger partial charge in [0.2, 0.25) is 0 Å². The van der Waals surface area contributed by atoms with Crippen LogP contribution in [0.25, 0.3) is 0 Å². The van der Waals surface area contributed by atoms with Gasteiger partial charge in [-0.25, -0.2) is 5.06 Å². The number of rotatable bonds is 2. The minimum Gasteiger partial charge on any atom is -0.271 e. The van der Waals surface area contributed by atoms with Gasteiger partial charge >= 0.3 is 0 Å². The van der Waals surface area contributed by atoms with Gasteiger partial charge in [0.15, 0.2) is 0 Å². The Morgan fingerprint density at radius 1 is 1.53 bits per heavy atom. The van der Waals surface area contributed by atoms with Crippen LogP contribution in [0, 0.1) is 0 Å². The number of hydrogen-bond donors (Lipinski definition) is 0. The van der Waals surface area contributed by atoms with Crippen LogP contribution in [-0.4, -0.2) is 33.9 Å². The van der Waals surface area contributed by atoms with E-state index in [1.807, 2.05) is 6.92 Å². The van der Waals surface area contributed by atoms with Crippen LogP contribution >= 0.6 is 0 Å². The molecule has 1 unspecified atom stereocenters. The third-order valence-electron chi connectivity index (χ3n) is 2.53. The van der Waals surface area contributed by atoms with E-state index in [2.05, 4.69) is 5.10 Å². The maximum absolute atomic E-state index is 11.9. The van der Waals surface area contributed by atoms with Gasteiger partial charge in [0.05, 0.1) is 6.61 Å². The summed E-state index contributed by atoms with van der Waals surface area (Å²) in [5.74, 6) is -0.0293. The minimum atomic E-state index is -0.293. The normalized spacial score (nSPS) is 18.9. The van der Waals surface area contributed by atoms with Crippen LogP contribution in [0.15, 0.2) is 18.5 Å². The molecule has 5 heteroatoms. The Labute approximate surface area is 88.6 Å². The SMILES string of the molecule is CC(C(=O)N1CCCCO1)n1cccn1. The molecule has 1 amide bonds. The molecule has 82 valence electrons. The number of carbonyl (C=O) groups is 1. The summed E-state index contributed by atoms with van der Waals surface area (Å²) in [6.07, 6.45) is 5.49. The standard InChI is InChI=1S/C10H15N3O2/c1-9(12-6-4-5-11-12)10(14)13-7-2-3-8-15-13/h4-6,9H,2-3,7-8H2,1H3. The van der Waals surface area contributed by atoms with E-state index in [1.165, 1.54) is 5.06 Å². The van der Waals surface area contributed by atoms with E-state index >= 15 is 0 Å². The molecule has 0 aliphatic carbocycles. The van der Waals surface area contributed by atoms with Crippen molar-refractivity contribution in [2.24, 2.45) is 0 Å². The number of hydroxylamine groups is 2. The van der Waals surface area contributed by atoms with Gasteiger partial charge in [0.1, 0.15) is 6.04 Å². The predicted octanol–water partition coefficient (Wildman–Crippen LogP) is 0.998. The lowest BCUT2D eigenvalue weighted by Gasteiger charge is -2.28. The van der Waals surface area contributed by atoms with Crippen molar-refractivity contribution >= 4 is 5.91 Å². The summed E-state index contributed by atoms with van der Waals surface area (Å²) >= 11 is 0. The maximum atomic E-state index is 11.9. The first-order valence-corrected chi connectivity index (χ1v) is 5.22. The molecule has 1 aromatic rings. The van der Waals surface area contributed by atoms with Crippen LogP contribution < -0.4 is 0 Å². The van der Waals surface area contributed by atoms with Crippen molar-refractivity contribution in [1.82, 2.24) is 14.8 Å². The molecule has 1 aliphatic rings. The second-order valence-corrected chi connectivity index (χ2v) is 3.64. The Hall–Kier alpha value is -1.36. The van der Waals surface area contributed by atoms with E-state index < -0.39 is 0 Å². The van der Waals surface area contributed by atoms with E-state index in [0.29, 0.717) is 13.2 Å². The Bertz CT molecular complexity index is 317. The molecule has 15 heavy (non-hydrogen) atoms. The number of hydrogen-bond acceptors (Lipinski definition) is 3. The highest BCUT2D eigenvalue weighted by Gasteiger charge is 2.24. The Balaban J connectivity index is 2.00. The zero-order chi connectivity index (χ0) is 10.7. The molecule has 1 saturated heterocycles. The molecular weight excluding hydrogens is 194 g/mol. The smallest absolute Gasteiger partial charge is 0.270 e. The fraction of sp³-hybridized carbons (Fsp3) is 0.600. The van der Waals surface area contributed by atoms with Crippen molar-refractivity contribution in [2.75, 3.05) is 13.2 Å². The molecule has 0 saturated carbocycles. The molecule has 0 N–H and O–H groups in total. The lowest BCUT2D eigenvalue weighted by atomic mass is 10.2. The summed E-state index contributed by atoms with van der Waals surface area (Å²) < 4.78 is 1.64. The third kappa shape index (κ3) is 2.18. The summed E-state index contributed by atoms with van der Waals surface area (Å²) in [5.41, 5.74) is 0. The first-order valence-electron chi connectivity index (χ1n) is 5.22. The quantitative estimate of drug-likeness (QED) is 0.730. The van der Waals surface area contributed by atoms with Gasteiger partial charge in [-0.15, -0.1) is 0 Å². The molecule has 1 aromatic heterocycles. The van der Waals surface area contributed by atoms with Crippen LogP contribution in [0.2, 0.25) is 0 Å². The average molecular weight is 209 g/mol. The summed E-state index contributed by atoms with van der Waals surface area (Å²) in [6.45, 7) is 3.15. The van der Waals surface area contributed by atoms with Crippen molar-refractivity contribution in [3.8, 4) is 0 Å². The van der Waals surface area contributed by atoms with Gasteiger partial charge in [-0.3, -0.25) is 14.3 Å². The van der Waals surface area contributed by atoms with E-state index in [-0.39, 0.29) is 11.9 Å². The molecule has 1 aliphatic heterocycles. The maximum Gasteiger partial charge on any atom is 0.270 e. The molecule has 2 heterocycles. The average Bonchev–Trinajstić information content (AvgIpc) is 2.82. The topological polar surface area (TPSA) is 47.4 Å². The highest BCUT2D eigenvalue weighted by Crippen LogP contribution is 2.13. The van der Waals surface area contributed by atoms with Crippen molar-refractivity contribution in [3.63, 3.8) is 0 Å². The lowest BCUT2D eigenvalue weighted by Crippen LogP contribution is -2.39. The fourth-order valence-electron chi connectivity index (χ4n) is 1.60. The molecule has 0 spiro atoms. The van der Waals surface area contributed by atoms with Gasteiger partial charge in [0, 0.05) is 18.9 Å². The highest BCUT2D eigenvalue weighted by atomic mass is 16.7. The summed E-state index contributed by atoms with van der Waals surface area (Å²) in [5, 5.41) is 5.50. The number of amides is 1. The second-order valence-electron chi connectivity index (χ2n) is 3.64. The van der Waals surface area contributed by atoms with Crippen molar-refractivity contribution in [2.45, 2.75) is 25.8 Å². The van der Waals surface area contributed by atoms with Crippen molar-refractivity contribution in [1.29, 1.82) is 0 Å². The van der Waals surface area contributed by atoms with Gasteiger partial charge in [0.25, 0.3) is 5.91 Å². The van der Waals surface area contributed by atoms with Crippen LogP contribution in [0.5, 0.6) is 0 Å². The van der Waals surface area contributed by atoms with Crippen LogP contribution in [0.3, 0.4) is 0 Å². The fourth-order valence-corrected chi connectivity index (χ4v) is 1.60. The lowest BCUT2D eigenvalue weighted by molar-refractivity contribution is -0.200. The molecule has 1 atom stereocenters. The van der Waals surface area contributed by atoms with Gasteiger partial charge < -0.3 is 0 Å². The zero-order valence-corrected chi connectivity index (χ0v) is 8.80. The molecular formula is C10H15N3O2. The Kier molecular flexibility index (Phi) is 3.01. The second kappa shape index (κ2) is 4.44. The Morgan fingerprint density at radius 2 is 2.40 bits per heavy atom. The number of carbonyl (C=O) groups excluding carboxylic acids is 1. The molecule has 2 rings (SSSR count). The van der Waals surface area contributed by atoms with E-state index in [4.69, 9.17) is 4.84 Å². The molecule has 0 bridgehead atoms. The molecule has 1 fully saturated rings. The largest absolute Gasteiger partial charge is 0.271 e. The van der Waals surface area contributed by atoms with Gasteiger partial charge in [-0.2, -0.15) is 5.10 Å².